The summed E-state index contributed by atoms with van der Waals surface area (Å²) in [5, 5.41) is 3.57. The molecule has 1 heterocycles. The quantitative estimate of drug-likeness (QED) is 0.919. The second kappa shape index (κ2) is 7.86. The molecule has 24 heavy (non-hydrogen) atoms. The highest BCUT2D eigenvalue weighted by molar-refractivity contribution is 5.67. The highest BCUT2D eigenvalue weighted by atomic mass is 16.6. The van der Waals surface area contributed by atoms with Gasteiger partial charge in [0, 0.05) is 24.8 Å². The summed E-state index contributed by atoms with van der Waals surface area (Å²) in [6.45, 7) is 3.95. The van der Waals surface area contributed by atoms with Crippen LogP contribution >= 0.6 is 0 Å². The van der Waals surface area contributed by atoms with Gasteiger partial charge in [0.05, 0.1) is 0 Å². The van der Waals surface area contributed by atoms with Crippen LogP contribution in [0.15, 0.2) is 60.7 Å². The first kappa shape index (κ1) is 16.4. The molecule has 1 aliphatic rings. The molecule has 0 aromatic heterocycles. The van der Waals surface area contributed by atoms with E-state index in [1.54, 1.807) is 0 Å². The van der Waals surface area contributed by atoms with E-state index in [2.05, 4.69) is 24.4 Å². The van der Waals surface area contributed by atoms with E-state index < -0.39 is 0 Å². The lowest BCUT2D eigenvalue weighted by atomic mass is 9.94. The number of anilines is 1. The van der Waals surface area contributed by atoms with E-state index >= 15 is 0 Å². The van der Waals surface area contributed by atoms with Crippen LogP contribution in [0.3, 0.4) is 0 Å². The summed E-state index contributed by atoms with van der Waals surface area (Å²) < 4.78 is 5.44. The van der Waals surface area contributed by atoms with Crippen LogP contribution in [0.2, 0.25) is 0 Å². The van der Waals surface area contributed by atoms with Gasteiger partial charge < -0.3 is 15.0 Å². The van der Waals surface area contributed by atoms with Crippen LogP contribution in [0, 0.1) is 5.92 Å². The Hall–Kier alpha value is -2.49. The number of carbonyl (C=O) groups is 1. The van der Waals surface area contributed by atoms with Gasteiger partial charge in [-0.3, -0.25) is 0 Å². The lowest BCUT2D eigenvalue weighted by molar-refractivity contribution is 0.0787. The molecule has 2 aromatic rings. The molecule has 1 aliphatic heterocycles. The molecular weight excluding hydrogens is 300 g/mol. The van der Waals surface area contributed by atoms with Gasteiger partial charge in [-0.2, -0.15) is 0 Å². The van der Waals surface area contributed by atoms with Crippen LogP contribution in [-0.2, 0) is 11.3 Å². The van der Waals surface area contributed by atoms with Crippen LogP contribution in [-0.4, -0.2) is 30.1 Å². The van der Waals surface area contributed by atoms with Gasteiger partial charge in [0.25, 0.3) is 0 Å². The summed E-state index contributed by atoms with van der Waals surface area (Å²) in [6, 6.07) is 20.4. The van der Waals surface area contributed by atoms with Gasteiger partial charge in [0.2, 0.25) is 0 Å². The molecule has 1 saturated heterocycles. The van der Waals surface area contributed by atoms with Crippen molar-refractivity contribution < 1.29 is 9.53 Å². The molecule has 0 unspecified atom stereocenters. The van der Waals surface area contributed by atoms with Crippen molar-refractivity contribution in [2.75, 3.05) is 18.4 Å². The predicted molar refractivity (Wildman–Crippen MR) is 95.8 cm³/mol. The number of ether oxygens (including phenoxy) is 1. The Morgan fingerprint density at radius 3 is 2.46 bits per heavy atom. The molecule has 2 aromatic carbocycles. The third-order valence-corrected chi connectivity index (χ3v) is 4.49. The number of likely N-dealkylation sites (tertiary alicyclic amines) is 1. The fourth-order valence-corrected chi connectivity index (χ4v) is 3.08. The minimum Gasteiger partial charge on any atom is -0.445 e. The summed E-state index contributed by atoms with van der Waals surface area (Å²) in [7, 11) is 0. The Kier molecular flexibility index (Phi) is 5.36. The molecular formula is C20H24N2O2. The van der Waals surface area contributed by atoms with Crippen molar-refractivity contribution in [3.8, 4) is 0 Å². The number of carbonyl (C=O) groups excluding carboxylic acids is 1. The van der Waals surface area contributed by atoms with Gasteiger partial charge in [-0.05, 0) is 30.0 Å². The molecule has 4 heteroatoms. The Balaban J connectivity index is 1.48. The maximum atomic E-state index is 12.3. The molecule has 4 nitrogen and oxygen atoms in total. The summed E-state index contributed by atoms with van der Waals surface area (Å²) in [5.74, 6) is 0.378. The van der Waals surface area contributed by atoms with Crippen molar-refractivity contribution in [3.63, 3.8) is 0 Å². The van der Waals surface area contributed by atoms with E-state index in [-0.39, 0.29) is 6.09 Å². The number of hydrogen-bond acceptors (Lipinski definition) is 3. The van der Waals surface area contributed by atoms with Crippen LogP contribution in [0.1, 0.15) is 18.9 Å². The molecule has 0 bridgehead atoms. The van der Waals surface area contributed by atoms with Crippen LogP contribution in [0.25, 0.3) is 0 Å². The van der Waals surface area contributed by atoms with Crippen molar-refractivity contribution in [3.05, 3.63) is 66.2 Å². The SMILES string of the molecule is C[C@@H]1CN(C(=O)OCc2ccccc2)CC[C@H]1Nc1ccccc1. The van der Waals surface area contributed by atoms with Gasteiger partial charge in [-0.1, -0.05) is 55.5 Å². The molecule has 126 valence electrons. The predicted octanol–water partition coefficient (Wildman–Crippen LogP) is 4.15. The zero-order valence-corrected chi connectivity index (χ0v) is 14.0. The van der Waals surface area contributed by atoms with E-state index in [0.717, 1.165) is 30.8 Å². The van der Waals surface area contributed by atoms with Crippen LogP contribution < -0.4 is 5.32 Å². The number of amides is 1. The van der Waals surface area contributed by atoms with E-state index in [9.17, 15) is 4.79 Å². The van der Waals surface area contributed by atoms with Crippen LogP contribution in [0.5, 0.6) is 0 Å². The minimum absolute atomic E-state index is 0.219. The number of hydrogen-bond donors (Lipinski definition) is 1. The molecule has 0 radical (unpaired) electrons. The fourth-order valence-electron chi connectivity index (χ4n) is 3.08. The summed E-state index contributed by atoms with van der Waals surface area (Å²) >= 11 is 0. The van der Waals surface area contributed by atoms with Gasteiger partial charge in [0.1, 0.15) is 6.61 Å². The van der Waals surface area contributed by atoms with Crippen molar-refractivity contribution >= 4 is 11.8 Å². The molecule has 1 fully saturated rings. The molecule has 3 rings (SSSR count). The lowest BCUT2D eigenvalue weighted by Crippen LogP contribution is -2.47. The second-order valence-corrected chi connectivity index (χ2v) is 6.37. The maximum absolute atomic E-state index is 12.3. The number of benzene rings is 2. The third kappa shape index (κ3) is 4.28. The van der Waals surface area contributed by atoms with Crippen molar-refractivity contribution in [2.24, 2.45) is 5.92 Å². The average Bonchev–Trinajstić information content (AvgIpc) is 2.63. The van der Waals surface area contributed by atoms with E-state index in [1.807, 2.05) is 53.4 Å². The summed E-state index contributed by atoms with van der Waals surface area (Å²) in [6.07, 6.45) is 0.708. The second-order valence-electron chi connectivity index (χ2n) is 6.37. The number of para-hydroxylation sites is 1. The number of rotatable bonds is 4. The van der Waals surface area contributed by atoms with Gasteiger partial charge in [-0.15, -0.1) is 0 Å². The topological polar surface area (TPSA) is 41.6 Å². The van der Waals surface area contributed by atoms with E-state index in [4.69, 9.17) is 4.74 Å². The summed E-state index contributed by atoms with van der Waals surface area (Å²) in [4.78, 5) is 14.1. The van der Waals surface area contributed by atoms with Crippen molar-refractivity contribution in [1.29, 1.82) is 0 Å². The first-order chi connectivity index (χ1) is 11.7. The zero-order chi connectivity index (χ0) is 16.8. The minimum atomic E-state index is -0.219. The smallest absolute Gasteiger partial charge is 0.410 e. The normalized spacial score (nSPS) is 20.5. The standard InChI is InChI=1S/C20H24N2O2/c1-16-14-22(20(23)24-15-17-8-4-2-5-9-17)13-12-19(16)21-18-10-6-3-7-11-18/h2-11,16,19,21H,12-15H2,1H3/t16-,19-/m1/s1. The lowest BCUT2D eigenvalue weighted by Gasteiger charge is -2.37. The average molecular weight is 324 g/mol. The van der Waals surface area contributed by atoms with E-state index in [1.165, 1.54) is 0 Å². The number of nitrogens with one attached hydrogen (secondary N) is 1. The number of nitrogens with zero attached hydrogens (tertiary/aromatic N) is 1. The highest BCUT2D eigenvalue weighted by Gasteiger charge is 2.29. The third-order valence-electron chi connectivity index (χ3n) is 4.49. The highest BCUT2D eigenvalue weighted by Crippen LogP contribution is 2.22. The van der Waals surface area contributed by atoms with Crippen LogP contribution in [0.4, 0.5) is 10.5 Å². The van der Waals surface area contributed by atoms with Gasteiger partial charge >= 0.3 is 6.09 Å². The molecule has 1 amide bonds. The molecule has 2 atom stereocenters. The molecule has 0 spiro atoms. The van der Waals surface area contributed by atoms with Gasteiger partial charge in [0.15, 0.2) is 0 Å². The maximum Gasteiger partial charge on any atom is 0.410 e. The van der Waals surface area contributed by atoms with Gasteiger partial charge in [-0.25, -0.2) is 4.79 Å². The Morgan fingerprint density at radius 1 is 1.12 bits per heavy atom. The van der Waals surface area contributed by atoms with E-state index in [0.29, 0.717) is 18.6 Å². The largest absolute Gasteiger partial charge is 0.445 e. The van der Waals surface area contributed by atoms with Crippen molar-refractivity contribution in [1.82, 2.24) is 4.90 Å². The Labute approximate surface area is 143 Å². The molecule has 0 aliphatic carbocycles. The molecule has 1 N–H and O–H groups in total. The summed E-state index contributed by atoms with van der Waals surface area (Å²) in [5.41, 5.74) is 2.15. The fraction of sp³-hybridized carbons (Fsp3) is 0.350. The Morgan fingerprint density at radius 2 is 1.79 bits per heavy atom. The first-order valence-electron chi connectivity index (χ1n) is 8.49. The first-order valence-corrected chi connectivity index (χ1v) is 8.49. The monoisotopic (exact) mass is 324 g/mol. The molecule has 0 saturated carbocycles. The Bertz CT molecular complexity index is 645. The number of piperidine rings is 1. The van der Waals surface area contributed by atoms with Crippen molar-refractivity contribution in [2.45, 2.75) is 26.0 Å². The zero-order valence-electron chi connectivity index (χ0n) is 14.0.